The highest BCUT2D eigenvalue weighted by Crippen LogP contribution is 2.20. The molecule has 0 radical (unpaired) electrons. The minimum Gasteiger partial charge on any atom is -0.461 e. The molecule has 0 N–H and O–H groups in total. The van der Waals surface area contributed by atoms with Crippen LogP contribution in [0.4, 0.5) is 4.39 Å². The van der Waals surface area contributed by atoms with Gasteiger partial charge in [-0.2, -0.15) is 0 Å². The highest BCUT2D eigenvalue weighted by Gasteiger charge is 2.30. The lowest BCUT2D eigenvalue weighted by atomic mass is 9.97. The standard InChI is InChI=1S/C19H19FN2O3/c20-17-5-1-3-14(11-17)13-25-19(24)16-4-2-10-22(12-16)18(23)15-6-8-21-9-7-15/h1,3,5-9,11,16H,2,4,10,12-13H2. The Kier molecular flexibility index (Phi) is 5.38. The second kappa shape index (κ2) is 7.88. The van der Waals surface area contributed by atoms with E-state index in [0.717, 1.165) is 6.42 Å². The Bertz CT molecular complexity index is 751. The monoisotopic (exact) mass is 342 g/mol. The van der Waals surface area contributed by atoms with Crippen LogP contribution in [0.3, 0.4) is 0 Å². The van der Waals surface area contributed by atoms with Gasteiger partial charge >= 0.3 is 5.97 Å². The Morgan fingerprint density at radius 3 is 2.80 bits per heavy atom. The molecule has 1 aliphatic rings. The van der Waals surface area contributed by atoms with E-state index in [2.05, 4.69) is 4.98 Å². The number of esters is 1. The molecule has 3 rings (SSSR count). The van der Waals surface area contributed by atoms with E-state index >= 15 is 0 Å². The molecule has 1 fully saturated rings. The van der Waals surface area contributed by atoms with Crippen molar-refractivity contribution in [2.45, 2.75) is 19.4 Å². The first-order valence-electron chi connectivity index (χ1n) is 8.24. The maximum Gasteiger partial charge on any atom is 0.311 e. The van der Waals surface area contributed by atoms with Gasteiger partial charge in [0.15, 0.2) is 0 Å². The number of aromatic nitrogens is 1. The van der Waals surface area contributed by atoms with E-state index in [1.165, 1.54) is 12.1 Å². The fourth-order valence-corrected chi connectivity index (χ4v) is 2.93. The minimum atomic E-state index is -0.361. The van der Waals surface area contributed by atoms with Crippen LogP contribution in [0.25, 0.3) is 0 Å². The molecule has 0 saturated carbocycles. The molecule has 0 spiro atoms. The maximum absolute atomic E-state index is 13.2. The van der Waals surface area contributed by atoms with Gasteiger partial charge in [-0.05, 0) is 42.7 Å². The molecule has 25 heavy (non-hydrogen) atoms. The molecule has 1 aromatic carbocycles. The van der Waals surface area contributed by atoms with Gasteiger partial charge in [0.25, 0.3) is 5.91 Å². The molecule has 0 aliphatic carbocycles. The van der Waals surface area contributed by atoms with Crippen molar-refractivity contribution in [3.63, 3.8) is 0 Å². The maximum atomic E-state index is 13.2. The average molecular weight is 342 g/mol. The molecule has 1 aliphatic heterocycles. The van der Waals surface area contributed by atoms with E-state index < -0.39 is 0 Å². The molecule has 1 atom stereocenters. The van der Waals surface area contributed by atoms with Crippen molar-refractivity contribution in [3.8, 4) is 0 Å². The van der Waals surface area contributed by atoms with Crippen molar-refractivity contribution in [1.82, 2.24) is 9.88 Å². The molecular weight excluding hydrogens is 323 g/mol. The van der Waals surface area contributed by atoms with Crippen LogP contribution < -0.4 is 0 Å². The van der Waals surface area contributed by atoms with Crippen LogP contribution in [0.15, 0.2) is 48.8 Å². The molecule has 1 aromatic heterocycles. The number of likely N-dealkylation sites (tertiary alicyclic amines) is 1. The zero-order valence-corrected chi connectivity index (χ0v) is 13.7. The Morgan fingerprint density at radius 2 is 2.04 bits per heavy atom. The van der Waals surface area contributed by atoms with Crippen molar-refractivity contribution in [3.05, 3.63) is 65.7 Å². The normalized spacial score (nSPS) is 17.2. The topological polar surface area (TPSA) is 59.5 Å². The van der Waals surface area contributed by atoms with Crippen LogP contribution in [0.5, 0.6) is 0 Å². The molecule has 6 heteroatoms. The average Bonchev–Trinajstić information content (AvgIpc) is 2.66. The van der Waals surface area contributed by atoms with E-state index in [9.17, 15) is 14.0 Å². The van der Waals surface area contributed by atoms with E-state index in [1.807, 2.05) is 0 Å². The third-order valence-electron chi connectivity index (χ3n) is 4.24. The molecule has 1 unspecified atom stereocenters. The van der Waals surface area contributed by atoms with Gasteiger partial charge in [0.05, 0.1) is 5.92 Å². The van der Waals surface area contributed by atoms with Crippen LogP contribution in [0.1, 0.15) is 28.8 Å². The molecule has 2 aromatic rings. The summed E-state index contributed by atoms with van der Waals surface area (Å²) in [6, 6.07) is 9.29. The highest BCUT2D eigenvalue weighted by molar-refractivity contribution is 5.94. The number of carbonyl (C=O) groups is 2. The number of halogens is 1. The Labute approximate surface area is 145 Å². The van der Waals surface area contributed by atoms with E-state index in [-0.39, 0.29) is 30.2 Å². The highest BCUT2D eigenvalue weighted by atomic mass is 19.1. The first-order valence-corrected chi connectivity index (χ1v) is 8.24. The van der Waals surface area contributed by atoms with Crippen LogP contribution >= 0.6 is 0 Å². The molecule has 130 valence electrons. The number of benzene rings is 1. The van der Waals surface area contributed by atoms with E-state index in [4.69, 9.17) is 4.74 Å². The number of piperidine rings is 1. The van der Waals surface area contributed by atoms with Crippen molar-refractivity contribution in [2.24, 2.45) is 5.92 Å². The van der Waals surface area contributed by atoms with Crippen LogP contribution in [-0.2, 0) is 16.1 Å². The quantitative estimate of drug-likeness (QED) is 0.802. The first-order chi connectivity index (χ1) is 12.1. The summed E-state index contributed by atoms with van der Waals surface area (Å²) in [4.78, 5) is 30.4. The van der Waals surface area contributed by atoms with Crippen molar-refractivity contribution >= 4 is 11.9 Å². The fourth-order valence-electron chi connectivity index (χ4n) is 2.93. The number of amides is 1. The Hall–Kier alpha value is -2.76. The van der Waals surface area contributed by atoms with Gasteiger partial charge in [-0.15, -0.1) is 0 Å². The van der Waals surface area contributed by atoms with Crippen molar-refractivity contribution in [1.29, 1.82) is 0 Å². The number of nitrogens with zero attached hydrogens (tertiary/aromatic N) is 2. The second-order valence-electron chi connectivity index (χ2n) is 6.06. The SMILES string of the molecule is O=C(OCc1cccc(F)c1)C1CCCN(C(=O)c2ccncc2)C1. The van der Waals surface area contributed by atoms with Gasteiger partial charge in [0, 0.05) is 31.0 Å². The number of pyridine rings is 1. The zero-order valence-electron chi connectivity index (χ0n) is 13.7. The van der Waals surface area contributed by atoms with Crippen molar-refractivity contribution in [2.75, 3.05) is 13.1 Å². The summed E-state index contributed by atoms with van der Waals surface area (Å²) in [6.07, 6.45) is 4.57. The largest absolute Gasteiger partial charge is 0.461 e. The molecular formula is C19H19FN2O3. The molecule has 1 saturated heterocycles. The predicted molar refractivity (Wildman–Crippen MR) is 89.1 cm³/mol. The summed E-state index contributed by atoms with van der Waals surface area (Å²) in [5.41, 5.74) is 1.16. The van der Waals surface area contributed by atoms with Gasteiger partial charge in [0.2, 0.25) is 0 Å². The minimum absolute atomic E-state index is 0.0331. The molecule has 5 nitrogen and oxygen atoms in total. The number of hydrogen-bond acceptors (Lipinski definition) is 4. The smallest absolute Gasteiger partial charge is 0.311 e. The third-order valence-corrected chi connectivity index (χ3v) is 4.24. The second-order valence-corrected chi connectivity index (χ2v) is 6.06. The van der Waals surface area contributed by atoms with Gasteiger partial charge in [-0.25, -0.2) is 4.39 Å². The first kappa shape index (κ1) is 17.1. The lowest BCUT2D eigenvalue weighted by molar-refractivity contribution is -0.151. The number of hydrogen-bond donors (Lipinski definition) is 0. The van der Waals surface area contributed by atoms with Gasteiger partial charge in [0.1, 0.15) is 12.4 Å². The van der Waals surface area contributed by atoms with E-state index in [1.54, 1.807) is 41.6 Å². The summed E-state index contributed by atoms with van der Waals surface area (Å²) in [7, 11) is 0. The summed E-state index contributed by atoms with van der Waals surface area (Å²) >= 11 is 0. The number of rotatable bonds is 4. The summed E-state index contributed by atoms with van der Waals surface area (Å²) in [5, 5.41) is 0. The number of ether oxygens (including phenoxy) is 1. The van der Waals surface area contributed by atoms with Gasteiger partial charge in [-0.3, -0.25) is 14.6 Å². The fraction of sp³-hybridized carbons (Fsp3) is 0.316. The third kappa shape index (κ3) is 4.41. The lowest BCUT2D eigenvalue weighted by Gasteiger charge is -2.31. The summed E-state index contributed by atoms with van der Waals surface area (Å²) in [6.45, 7) is 0.989. The van der Waals surface area contributed by atoms with Crippen LogP contribution in [0, 0.1) is 11.7 Å². The van der Waals surface area contributed by atoms with Gasteiger partial charge in [-0.1, -0.05) is 12.1 Å². The van der Waals surface area contributed by atoms with Crippen molar-refractivity contribution < 1.29 is 18.7 Å². The predicted octanol–water partition coefficient (Wildman–Crippen LogP) is 2.82. The Morgan fingerprint density at radius 1 is 1.24 bits per heavy atom. The lowest BCUT2D eigenvalue weighted by Crippen LogP contribution is -2.42. The van der Waals surface area contributed by atoms with Crippen LogP contribution in [0.2, 0.25) is 0 Å². The Balaban J connectivity index is 1.57. The van der Waals surface area contributed by atoms with Gasteiger partial charge < -0.3 is 9.64 Å². The summed E-state index contributed by atoms with van der Waals surface area (Å²) in [5.74, 6) is -1.17. The van der Waals surface area contributed by atoms with E-state index in [0.29, 0.717) is 30.6 Å². The molecule has 0 bridgehead atoms. The molecule has 2 heterocycles. The zero-order chi connectivity index (χ0) is 17.6. The number of carbonyl (C=O) groups excluding carboxylic acids is 2. The summed E-state index contributed by atoms with van der Waals surface area (Å²) < 4.78 is 18.5. The van der Waals surface area contributed by atoms with Crippen LogP contribution in [-0.4, -0.2) is 34.8 Å². The molecule has 1 amide bonds.